The van der Waals surface area contributed by atoms with Crippen molar-refractivity contribution >= 4 is 34.1 Å². The lowest BCUT2D eigenvalue weighted by Crippen LogP contribution is -2.49. The average molecular weight is 460 g/mol. The maximum Gasteiger partial charge on any atom is 0.262 e. The molecule has 8 heteroatoms. The Bertz CT molecular complexity index is 1240. The van der Waals surface area contributed by atoms with Crippen molar-refractivity contribution in [3.05, 3.63) is 59.8 Å². The zero-order chi connectivity index (χ0) is 23.7. The van der Waals surface area contributed by atoms with Gasteiger partial charge in [0.2, 0.25) is 5.91 Å². The Morgan fingerprint density at radius 2 is 1.97 bits per heavy atom. The van der Waals surface area contributed by atoms with Crippen LogP contribution in [0, 0.1) is 6.92 Å². The third-order valence-corrected chi connectivity index (χ3v) is 6.42. The lowest BCUT2D eigenvalue weighted by molar-refractivity contribution is -0.120. The Hall–Kier alpha value is -3.65. The minimum Gasteiger partial charge on any atom is -0.482 e. The molecule has 1 aromatic heterocycles. The topological polar surface area (TPSA) is 86.8 Å². The van der Waals surface area contributed by atoms with E-state index in [1.165, 1.54) is 18.0 Å². The van der Waals surface area contributed by atoms with Crippen LogP contribution < -0.4 is 20.3 Å². The summed E-state index contributed by atoms with van der Waals surface area (Å²) in [7, 11) is 0. The van der Waals surface area contributed by atoms with Crippen LogP contribution in [0.2, 0.25) is 0 Å². The van der Waals surface area contributed by atoms with Gasteiger partial charge in [-0.15, -0.1) is 0 Å². The minimum absolute atomic E-state index is 0.0259. The Morgan fingerprint density at radius 1 is 1.15 bits per heavy atom. The Morgan fingerprint density at radius 3 is 2.76 bits per heavy atom. The van der Waals surface area contributed by atoms with Crippen molar-refractivity contribution in [2.24, 2.45) is 0 Å². The van der Waals surface area contributed by atoms with Gasteiger partial charge in [0.1, 0.15) is 5.75 Å². The molecule has 0 saturated carbocycles. The lowest BCUT2D eigenvalue weighted by Gasteiger charge is -2.38. The Labute approximate surface area is 198 Å². The molecule has 2 amide bonds. The van der Waals surface area contributed by atoms with Gasteiger partial charge in [0.15, 0.2) is 6.61 Å². The highest BCUT2D eigenvalue weighted by atomic mass is 16.5. The van der Waals surface area contributed by atoms with Crippen molar-refractivity contribution in [2.75, 3.05) is 49.5 Å². The molecule has 5 rings (SSSR count). The maximum atomic E-state index is 12.0. The molecule has 1 unspecified atom stereocenters. The highest BCUT2D eigenvalue weighted by molar-refractivity contribution is 5.95. The lowest BCUT2D eigenvalue weighted by atomic mass is 10.0. The molecule has 2 aromatic carbocycles. The van der Waals surface area contributed by atoms with Gasteiger partial charge >= 0.3 is 0 Å². The summed E-state index contributed by atoms with van der Waals surface area (Å²) in [6.45, 7) is 7.83. The first kappa shape index (κ1) is 22.2. The van der Waals surface area contributed by atoms with Crippen LogP contribution in [0.15, 0.2) is 48.5 Å². The summed E-state index contributed by atoms with van der Waals surface area (Å²) in [5.41, 5.74) is 4.85. The van der Waals surface area contributed by atoms with Gasteiger partial charge in [-0.2, -0.15) is 0 Å². The molecule has 2 aliphatic rings. The van der Waals surface area contributed by atoms with Gasteiger partial charge in [-0.25, -0.2) is 0 Å². The summed E-state index contributed by atoms with van der Waals surface area (Å²) >= 11 is 0. The fourth-order valence-corrected chi connectivity index (χ4v) is 4.74. The molecule has 1 saturated heterocycles. The molecule has 1 atom stereocenters. The van der Waals surface area contributed by atoms with Crippen LogP contribution in [0.25, 0.3) is 10.9 Å². The molecule has 176 valence electrons. The summed E-state index contributed by atoms with van der Waals surface area (Å²) < 4.78 is 5.47. The first-order valence-electron chi connectivity index (χ1n) is 11.6. The molecule has 0 bridgehead atoms. The van der Waals surface area contributed by atoms with Crippen molar-refractivity contribution in [3.8, 4) is 5.75 Å². The second-order valence-corrected chi connectivity index (χ2v) is 8.93. The second kappa shape index (κ2) is 9.30. The predicted octanol–water partition coefficient (Wildman–Crippen LogP) is 2.87. The van der Waals surface area contributed by atoms with E-state index in [1.54, 1.807) is 0 Å². The first-order valence-corrected chi connectivity index (χ1v) is 11.6. The third-order valence-electron chi connectivity index (χ3n) is 6.42. The molecule has 0 aliphatic carbocycles. The van der Waals surface area contributed by atoms with Crippen LogP contribution in [0.5, 0.6) is 5.75 Å². The monoisotopic (exact) mass is 459 g/mol. The van der Waals surface area contributed by atoms with E-state index < -0.39 is 0 Å². The van der Waals surface area contributed by atoms with E-state index in [0.29, 0.717) is 18.0 Å². The number of carbonyl (C=O) groups excluding carboxylic acids is 2. The smallest absolute Gasteiger partial charge is 0.262 e. The van der Waals surface area contributed by atoms with Gasteiger partial charge < -0.3 is 20.3 Å². The number of nitrogens with zero attached hydrogens (tertiary/aromatic N) is 3. The van der Waals surface area contributed by atoms with Crippen molar-refractivity contribution in [3.63, 3.8) is 0 Å². The van der Waals surface area contributed by atoms with Crippen LogP contribution in [0.1, 0.15) is 24.2 Å². The number of nitrogens with one attached hydrogen (secondary N) is 2. The van der Waals surface area contributed by atoms with Gasteiger partial charge in [-0.05, 0) is 48.9 Å². The van der Waals surface area contributed by atoms with E-state index in [9.17, 15) is 9.59 Å². The Balaban J connectivity index is 1.29. The van der Waals surface area contributed by atoms with E-state index in [2.05, 4.69) is 55.7 Å². The van der Waals surface area contributed by atoms with E-state index in [-0.39, 0.29) is 24.5 Å². The van der Waals surface area contributed by atoms with Crippen molar-refractivity contribution in [1.29, 1.82) is 0 Å². The molecular weight excluding hydrogens is 430 g/mol. The van der Waals surface area contributed by atoms with Crippen LogP contribution in [-0.2, 0) is 9.59 Å². The molecule has 3 heterocycles. The molecule has 8 nitrogen and oxygen atoms in total. The van der Waals surface area contributed by atoms with Gasteiger partial charge in [-0.3, -0.25) is 19.5 Å². The number of hydrogen-bond acceptors (Lipinski definition) is 6. The highest BCUT2D eigenvalue weighted by Crippen LogP contribution is 2.31. The number of fused-ring (bicyclic) bond motifs is 2. The summed E-state index contributed by atoms with van der Waals surface area (Å²) in [4.78, 5) is 33.1. The van der Waals surface area contributed by atoms with Crippen LogP contribution in [0.4, 0.5) is 11.4 Å². The van der Waals surface area contributed by atoms with Crippen LogP contribution in [0.3, 0.4) is 0 Å². The summed E-state index contributed by atoms with van der Waals surface area (Å²) in [5.74, 6) is 0.397. The Kier molecular flexibility index (Phi) is 6.06. The largest absolute Gasteiger partial charge is 0.482 e. The number of carbonyl (C=O) groups is 2. The summed E-state index contributed by atoms with van der Waals surface area (Å²) in [6, 6.07) is 16.0. The SMILES string of the molecule is CC(=O)NC(CN1CCN(c2cccc3nc(C)ccc23)CC1)c1ccc2c(c1)NC(=O)CO2. The number of aryl methyl sites for hydroxylation is 1. The number of amides is 2. The number of benzene rings is 2. The molecule has 0 spiro atoms. The van der Waals surface area contributed by atoms with Gasteiger partial charge in [0.05, 0.1) is 17.2 Å². The molecular formula is C26H29N5O3. The number of pyridine rings is 1. The zero-order valence-corrected chi connectivity index (χ0v) is 19.5. The third kappa shape index (κ3) is 4.68. The number of anilines is 2. The van der Waals surface area contributed by atoms with Crippen LogP contribution >= 0.6 is 0 Å². The minimum atomic E-state index is -0.182. The van der Waals surface area contributed by atoms with Crippen molar-refractivity contribution < 1.29 is 14.3 Å². The summed E-state index contributed by atoms with van der Waals surface area (Å²) in [6.07, 6.45) is 0. The predicted molar refractivity (Wildman–Crippen MR) is 132 cm³/mol. The zero-order valence-electron chi connectivity index (χ0n) is 19.5. The standard InChI is InChI=1S/C26H29N5O3/c1-17-6-8-20-21(27-17)4-3-5-24(20)31-12-10-30(11-13-31)15-23(28-18(2)32)19-7-9-25-22(14-19)29-26(33)16-34-25/h3-9,14,23H,10-13,15-16H2,1-2H3,(H,28,32)(H,29,33). The van der Waals surface area contributed by atoms with E-state index in [4.69, 9.17) is 4.74 Å². The van der Waals surface area contributed by atoms with Gasteiger partial charge in [0.25, 0.3) is 5.91 Å². The fraction of sp³-hybridized carbons (Fsp3) is 0.346. The van der Waals surface area contributed by atoms with Crippen molar-refractivity contribution in [2.45, 2.75) is 19.9 Å². The van der Waals surface area contributed by atoms with Gasteiger partial charge in [0, 0.05) is 56.4 Å². The maximum absolute atomic E-state index is 12.0. The van der Waals surface area contributed by atoms with Crippen molar-refractivity contribution in [1.82, 2.24) is 15.2 Å². The summed E-state index contributed by atoms with van der Waals surface area (Å²) in [5, 5.41) is 7.11. The quantitative estimate of drug-likeness (QED) is 0.610. The molecule has 3 aromatic rings. The second-order valence-electron chi connectivity index (χ2n) is 8.93. The normalized spacial score (nSPS) is 17.0. The van der Waals surface area contributed by atoms with E-state index in [1.807, 2.05) is 25.1 Å². The van der Waals surface area contributed by atoms with E-state index >= 15 is 0 Å². The molecule has 2 aliphatic heterocycles. The number of aromatic nitrogens is 1. The average Bonchev–Trinajstić information content (AvgIpc) is 2.83. The molecule has 2 N–H and O–H groups in total. The van der Waals surface area contributed by atoms with Gasteiger partial charge in [-0.1, -0.05) is 12.1 Å². The molecule has 0 radical (unpaired) electrons. The number of piperazine rings is 1. The van der Waals surface area contributed by atoms with Crippen LogP contribution in [-0.4, -0.2) is 61.0 Å². The number of hydrogen-bond donors (Lipinski definition) is 2. The van der Waals surface area contributed by atoms with E-state index in [0.717, 1.165) is 43.0 Å². The number of ether oxygens (including phenoxy) is 1. The number of rotatable bonds is 5. The fourth-order valence-electron chi connectivity index (χ4n) is 4.74. The molecule has 1 fully saturated rings. The first-order chi connectivity index (χ1) is 16.5. The molecule has 34 heavy (non-hydrogen) atoms. The highest BCUT2D eigenvalue weighted by Gasteiger charge is 2.24.